The number of hydrogen-bond donors (Lipinski definition) is 6. The number of ether oxygens (including phenoxy) is 10. The molecule has 0 radical (unpaired) electrons. The first-order chi connectivity index (χ1) is 67.5. The molecule has 4 aliphatic rings. The highest BCUT2D eigenvalue weighted by Gasteiger charge is 2.47. The summed E-state index contributed by atoms with van der Waals surface area (Å²) in [6, 6.07) is 29.6. The third-order valence-corrected chi connectivity index (χ3v) is 25.1. The number of carbonyl (C=O) groups is 5. The summed E-state index contributed by atoms with van der Waals surface area (Å²) in [7, 11) is 1.57. The molecule has 8 unspecified atom stereocenters. The minimum Gasteiger partial charge on any atom is -0.508 e. The predicted molar refractivity (Wildman–Crippen MR) is 518 cm³/mol. The second-order valence-electron chi connectivity index (χ2n) is 34.7. The molecule has 8 atom stereocenters. The number of carbonyl (C=O) groups excluding carboxylic acids is 5. The largest absolute Gasteiger partial charge is 0.508 e. The Hall–Kier alpha value is -11.9. The van der Waals surface area contributed by atoms with Gasteiger partial charge in [-0.2, -0.15) is 15.0 Å². The van der Waals surface area contributed by atoms with Gasteiger partial charge in [-0.1, -0.05) is 128 Å². The van der Waals surface area contributed by atoms with Gasteiger partial charge in [-0.3, -0.25) is 29.1 Å². The number of amidine groups is 1. The number of aliphatic imine (C=N–C) groups is 1. The number of piperazine rings is 3. The van der Waals surface area contributed by atoms with Crippen LogP contribution in [-0.2, 0) is 83.1 Å². The number of benzene rings is 5. The molecule has 43 heteroatoms. The smallest absolute Gasteiger partial charge is 0.326 e. The average Bonchev–Trinajstić information content (AvgIpc) is 1.59. The van der Waals surface area contributed by atoms with Gasteiger partial charge < -0.3 is 109 Å². The van der Waals surface area contributed by atoms with E-state index in [0.717, 1.165) is 35.1 Å². The van der Waals surface area contributed by atoms with Gasteiger partial charge in [-0.15, -0.1) is 15.3 Å². The van der Waals surface area contributed by atoms with E-state index in [9.17, 15) is 29.4 Å². The molecule has 0 aliphatic carbocycles. The fraction of sp³-hybridized carbons (Fsp3) is 0.531. The molecule has 4 aromatic heterocycles. The number of hydrogen-bond acceptors (Lipinski definition) is 32. The van der Waals surface area contributed by atoms with Crippen LogP contribution in [0.5, 0.6) is 23.0 Å². The number of rotatable bonds is 54. The molecule has 6 amide bonds. The van der Waals surface area contributed by atoms with Crippen LogP contribution in [0.25, 0.3) is 0 Å². The molecule has 5 aromatic carbocycles. The lowest BCUT2D eigenvalue weighted by molar-refractivity contribution is -0.139. The van der Waals surface area contributed by atoms with Gasteiger partial charge in [0.25, 0.3) is 0 Å². The van der Waals surface area contributed by atoms with Crippen molar-refractivity contribution in [1.29, 1.82) is 0 Å². The highest BCUT2D eigenvalue weighted by Crippen LogP contribution is 2.47. The molecule has 9 aromatic rings. The summed E-state index contributed by atoms with van der Waals surface area (Å²) < 4.78 is 62.8. The van der Waals surface area contributed by atoms with Crippen molar-refractivity contribution in [2.24, 2.45) is 28.3 Å². The first-order valence-electron chi connectivity index (χ1n) is 47.5. The number of phenols is 2. The van der Waals surface area contributed by atoms with Gasteiger partial charge >= 0.3 is 6.03 Å². The van der Waals surface area contributed by atoms with E-state index in [1.54, 1.807) is 123 Å². The van der Waals surface area contributed by atoms with Gasteiger partial charge in [0.2, 0.25) is 41.5 Å². The molecule has 0 bridgehead atoms. The third kappa shape index (κ3) is 30.1. The molecule has 13 rings (SSSR count). The fourth-order valence-electron chi connectivity index (χ4n) is 16.2. The average molecular weight is 1960 g/mol. The number of anilines is 3. The fourth-order valence-corrected chi connectivity index (χ4v) is 16.4. The Morgan fingerprint density at radius 3 is 1.49 bits per heavy atom. The van der Waals surface area contributed by atoms with Gasteiger partial charge in [0, 0.05) is 107 Å². The van der Waals surface area contributed by atoms with Crippen LogP contribution in [0.2, 0.25) is 10.0 Å². The summed E-state index contributed by atoms with van der Waals surface area (Å²) in [5.74, 6) is 2.05. The highest BCUT2D eigenvalue weighted by atomic mass is 35.5. The van der Waals surface area contributed by atoms with Crippen LogP contribution in [0.1, 0.15) is 136 Å². The van der Waals surface area contributed by atoms with Crippen molar-refractivity contribution in [2.45, 2.75) is 123 Å². The van der Waals surface area contributed by atoms with E-state index in [1.807, 2.05) is 70.0 Å². The normalized spacial score (nSPS) is 16.6. The number of phenolic OH excluding ortho intramolecular Hbond substituents is 2. The summed E-state index contributed by atoms with van der Waals surface area (Å²) in [4.78, 5) is 104. The van der Waals surface area contributed by atoms with E-state index in [0.29, 0.717) is 239 Å². The van der Waals surface area contributed by atoms with Gasteiger partial charge in [0.1, 0.15) is 59.2 Å². The first kappa shape index (κ1) is 104. The molecule has 8 N–H and O–H groups in total. The maximum Gasteiger partial charge on any atom is 0.326 e. The number of nitrogens with zero attached hydrogens (tertiary/aromatic N) is 20. The van der Waals surface area contributed by atoms with E-state index < -0.39 is 30.2 Å². The zero-order chi connectivity index (χ0) is 98.1. The van der Waals surface area contributed by atoms with Crippen molar-refractivity contribution in [2.75, 3.05) is 213 Å². The number of methoxy groups -OCH3 is 1. The number of aromatic hydroxyl groups is 2. The topological polar surface area (TPSA) is 460 Å². The summed E-state index contributed by atoms with van der Waals surface area (Å²) in [5, 5.41) is 53.6. The van der Waals surface area contributed by atoms with Crippen LogP contribution in [0, 0.1) is 11.8 Å². The summed E-state index contributed by atoms with van der Waals surface area (Å²) in [5.41, 5.74) is 18.9. The zero-order valence-corrected chi connectivity index (χ0v) is 81.5. The SMILES string of the molecule is CCC(C)C(N)c1cn(C(Cc2ccc(O)cc2)C(=O)N2CCN(c3nc(NCCOCCOCCOCc4cn(CCOCCOCCOCCOCCOCCNC(=O)CN5CCN(C(=O)N6C(c7ccc(OC)cc7OC(C)C)=NC(c7ccc(Cl)cc7)C6c6ccc(Cl)cc6)CC5=O)nn4)nc(N4CCN(C(=O)C(Cc5ccc(O)cc5)n5cc(C(N)C(C)CC)nn5)CC4)n3)CC2)nn1. The minimum absolute atomic E-state index is 0.122. The summed E-state index contributed by atoms with van der Waals surface area (Å²) in [6.45, 7) is 21.4. The van der Waals surface area contributed by atoms with Crippen LogP contribution >= 0.6 is 23.2 Å². The number of urea groups is 1. The lowest BCUT2D eigenvalue weighted by atomic mass is 9.93. The molecule has 3 saturated heterocycles. The van der Waals surface area contributed by atoms with E-state index in [1.165, 1.54) is 9.80 Å². The lowest BCUT2D eigenvalue weighted by Gasteiger charge is -2.38. The van der Waals surface area contributed by atoms with Gasteiger partial charge in [0.05, 0.1) is 186 Å². The van der Waals surface area contributed by atoms with E-state index >= 15 is 4.79 Å². The molecule has 0 spiro atoms. The van der Waals surface area contributed by atoms with Crippen molar-refractivity contribution in [3.8, 4) is 23.0 Å². The number of nitrogens with two attached hydrogens (primary N) is 2. The Kier molecular flexibility index (Phi) is 39.8. The molecule has 3 fully saturated rings. The van der Waals surface area contributed by atoms with Crippen LogP contribution in [-0.4, -0.2) is 334 Å². The van der Waals surface area contributed by atoms with Crippen LogP contribution in [0.15, 0.2) is 139 Å². The Bertz CT molecular complexity index is 5230. The standard InChI is InChI=1S/C96H130Cl2N24O17/c1-8-66(5)86(99)79-60-120(111-108-79)81(56-68-10-22-75(123)23-11-68)91(127)113-30-34-115(35-31-113)94-104-93(105-95(106-94)116-36-32-114(33-37-116)92(128)82(57-69-12-24-76(124)25-13-69)121-61-80(109-112-121)87(100)67(6)9-2)102-29-42-132-45-48-137-54-55-138-64-74-59-119(110-107-74)40-43-133-46-49-135-51-53-136-52-50-134-47-44-131-41-28-101-84(125)62-117-38-39-118(63-85(117)126)96(129)122-89(71-16-20-73(98)21-17-71)88(70-14-18-72(97)19-15-70)103-90(122)78-27-26-77(130-7)58-83(78)139-65(3)4/h10-27,58-61,65-67,81-82,86-89,123-124H,8-9,28-57,62-64,99-100H2,1-7H3,(H,101,125)(H,102,104,105,106). The van der Waals surface area contributed by atoms with Crippen molar-refractivity contribution < 1.29 is 81.6 Å². The van der Waals surface area contributed by atoms with E-state index in [4.69, 9.17) is 102 Å². The van der Waals surface area contributed by atoms with Gasteiger partial charge in [0.15, 0.2) is 0 Å². The number of amides is 6. The Morgan fingerprint density at radius 2 is 1.00 bits per heavy atom. The monoisotopic (exact) mass is 1960 g/mol. The molecular formula is C96H130Cl2N24O17. The molecule has 8 heterocycles. The van der Waals surface area contributed by atoms with Crippen molar-refractivity contribution in [3.63, 3.8) is 0 Å². The highest BCUT2D eigenvalue weighted by molar-refractivity contribution is 6.31. The van der Waals surface area contributed by atoms with Gasteiger partial charge in [-0.25, -0.2) is 18.8 Å². The molecule has 4 aliphatic heterocycles. The Morgan fingerprint density at radius 1 is 0.525 bits per heavy atom. The van der Waals surface area contributed by atoms with Crippen LogP contribution < -0.4 is 41.4 Å². The second-order valence-corrected chi connectivity index (χ2v) is 35.6. The maximum absolute atomic E-state index is 15.1. The van der Waals surface area contributed by atoms with Gasteiger partial charge in [-0.05, 0) is 109 Å². The van der Waals surface area contributed by atoms with Crippen LogP contribution in [0.4, 0.5) is 22.6 Å². The number of aromatic nitrogens is 12. The number of nitrogens with one attached hydrogen (secondary N) is 2. The maximum atomic E-state index is 15.1. The predicted octanol–water partition coefficient (Wildman–Crippen LogP) is 7.89. The van der Waals surface area contributed by atoms with Crippen LogP contribution in [0.3, 0.4) is 0 Å². The minimum atomic E-state index is -0.739. The van der Waals surface area contributed by atoms with E-state index in [2.05, 4.69) is 69.3 Å². The molecule has 41 nitrogen and oxygen atoms in total. The second kappa shape index (κ2) is 52.9. The van der Waals surface area contributed by atoms with Crippen molar-refractivity contribution in [3.05, 3.63) is 189 Å². The molecule has 0 saturated carbocycles. The molecular weight excluding hydrogens is 1830 g/mol. The quantitative estimate of drug-likeness (QED) is 0.0197. The van der Waals surface area contributed by atoms with Crippen molar-refractivity contribution >= 4 is 76.5 Å². The molecule has 139 heavy (non-hydrogen) atoms. The first-order valence-corrected chi connectivity index (χ1v) is 48.3. The molecule has 750 valence electrons. The Labute approximate surface area is 819 Å². The van der Waals surface area contributed by atoms with E-state index in [-0.39, 0.29) is 111 Å². The third-order valence-electron chi connectivity index (χ3n) is 24.6. The summed E-state index contributed by atoms with van der Waals surface area (Å²) in [6.07, 6.45) is 7.43. The van der Waals surface area contributed by atoms with Crippen molar-refractivity contribution in [1.82, 2.24) is 89.7 Å². The number of halogens is 2. The summed E-state index contributed by atoms with van der Waals surface area (Å²) >= 11 is 12.8. The Balaban J connectivity index is 0.472. The lowest BCUT2D eigenvalue weighted by Crippen LogP contribution is -2.57. The zero-order valence-electron chi connectivity index (χ0n) is 80.0.